The van der Waals surface area contributed by atoms with E-state index in [2.05, 4.69) is 11.6 Å². The van der Waals surface area contributed by atoms with Gasteiger partial charge in [-0.15, -0.1) is 0 Å². The third-order valence-corrected chi connectivity index (χ3v) is 1.74. The summed E-state index contributed by atoms with van der Waals surface area (Å²) < 4.78 is 61.0. The molecule has 0 aromatic heterocycles. The molecule has 0 saturated heterocycles. The van der Waals surface area contributed by atoms with Crippen molar-refractivity contribution in [2.75, 3.05) is 0 Å². The molecule has 0 aliphatic carbocycles. The second kappa shape index (κ2) is 3.38. The first kappa shape index (κ1) is 11.2. The Bertz CT molecular complexity index is 296. The van der Waals surface area contributed by atoms with Crippen molar-refractivity contribution in [3.8, 4) is 0 Å². The Morgan fingerprint density at radius 1 is 0.929 bits per heavy atom. The van der Waals surface area contributed by atoms with Crippen LogP contribution in [0, 0.1) is 0 Å². The molecule has 1 aromatic rings. The van der Waals surface area contributed by atoms with Gasteiger partial charge in [0.2, 0.25) is 0 Å². The smallest absolute Gasteiger partial charge is 0.183 e. The third-order valence-electron chi connectivity index (χ3n) is 1.52. The van der Waals surface area contributed by atoms with Gasteiger partial charge in [-0.2, -0.15) is 22.0 Å². The zero-order chi connectivity index (χ0) is 11.0. The standard InChI is InChI=1S/C8H4ClF5/c9-7(10,11)5-2-1-3-6(4-5)8(12,13)14/h1-4H. The van der Waals surface area contributed by atoms with Gasteiger partial charge in [0.25, 0.3) is 0 Å². The largest absolute Gasteiger partial charge is 0.416 e. The van der Waals surface area contributed by atoms with Gasteiger partial charge >= 0.3 is 11.6 Å². The third kappa shape index (κ3) is 2.57. The molecule has 78 valence electrons. The second-order valence-electron chi connectivity index (χ2n) is 2.58. The topological polar surface area (TPSA) is 0 Å². The minimum Gasteiger partial charge on any atom is -0.183 e. The van der Waals surface area contributed by atoms with Crippen molar-refractivity contribution < 1.29 is 22.0 Å². The molecule has 0 spiro atoms. The molecule has 0 saturated carbocycles. The van der Waals surface area contributed by atoms with E-state index in [9.17, 15) is 22.0 Å². The van der Waals surface area contributed by atoms with Crippen molar-refractivity contribution in [2.45, 2.75) is 11.6 Å². The normalized spacial score (nSPS) is 13.0. The zero-order valence-electron chi connectivity index (χ0n) is 6.58. The summed E-state index contributed by atoms with van der Waals surface area (Å²) >= 11 is 4.58. The quantitative estimate of drug-likeness (QED) is 0.505. The number of benzene rings is 1. The summed E-state index contributed by atoms with van der Waals surface area (Å²) in [4.78, 5) is 0. The molecule has 1 rings (SSSR count). The number of hydrogen-bond acceptors (Lipinski definition) is 0. The fraction of sp³-hybridized carbons (Fsp3) is 0.250. The first-order chi connectivity index (χ1) is 6.21. The molecule has 0 bridgehead atoms. The van der Waals surface area contributed by atoms with Crippen molar-refractivity contribution in [1.29, 1.82) is 0 Å². The molecule has 0 aliphatic heterocycles. The molecule has 14 heavy (non-hydrogen) atoms. The van der Waals surface area contributed by atoms with Crippen molar-refractivity contribution in [2.24, 2.45) is 0 Å². The molecule has 0 unspecified atom stereocenters. The van der Waals surface area contributed by atoms with Crippen molar-refractivity contribution >= 4 is 11.6 Å². The maximum absolute atomic E-state index is 12.4. The Balaban J connectivity index is 3.15. The molecule has 6 heteroatoms. The SMILES string of the molecule is FC(F)(F)c1cccc(C(F)(F)Cl)c1. The maximum Gasteiger partial charge on any atom is 0.416 e. The number of halogens is 6. The van der Waals surface area contributed by atoms with E-state index >= 15 is 0 Å². The van der Waals surface area contributed by atoms with E-state index in [-0.39, 0.29) is 0 Å². The average Bonchev–Trinajstić information content (AvgIpc) is 2.01. The van der Waals surface area contributed by atoms with E-state index in [1.165, 1.54) is 0 Å². The van der Waals surface area contributed by atoms with Crippen LogP contribution in [0.1, 0.15) is 11.1 Å². The summed E-state index contributed by atoms with van der Waals surface area (Å²) in [6.07, 6.45) is -4.64. The lowest BCUT2D eigenvalue weighted by atomic mass is 10.1. The Hall–Kier alpha value is -0.840. The minimum atomic E-state index is -4.64. The van der Waals surface area contributed by atoms with Crippen molar-refractivity contribution in [3.05, 3.63) is 35.4 Å². The lowest BCUT2D eigenvalue weighted by Crippen LogP contribution is -2.09. The molecule has 0 N–H and O–H groups in total. The molecular formula is C8H4ClF5. The lowest BCUT2D eigenvalue weighted by Gasteiger charge is -2.11. The van der Waals surface area contributed by atoms with E-state index in [1.807, 2.05) is 0 Å². The van der Waals surface area contributed by atoms with Crippen LogP contribution in [-0.4, -0.2) is 0 Å². The fourth-order valence-corrected chi connectivity index (χ4v) is 0.989. The summed E-state index contributed by atoms with van der Waals surface area (Å²) in [7, 11) is 0. The summed E-state index contributed by atoms with van der Waals surface area (Å²) in [6, 6.07) is 2.75. The lowest BCUT2D eigenvalue weighted by molar-refractivity contribution is -0.137. The molecule has 1 aromatic carbocycles. The molecule has 0 nitrogen and oxygen atoms in total. The highest BCUT2D eigenvalue weighted by Crippen LogP contribution is 2.36. The molecule has 0 heterocycles. The van der Waals surface area contributed by atoms with Crippen LogP contribution in [0.3, 0.4) is 0 Å². The Kier molecular flexibility index (Phi) is 2.71. The summed E-state index contributed by atoms with van der Waals surface area (Å²) in [5.41, 5.74) is -2.01. The van der Waals surface area contributed by atoms with Crippen LogP contribution in [0.2, 0.25) is 0 Å². The summed E-state index contributed by atoms with van der Waals surface area (Å²) in [6.45, 7) is 0. The van der Waals surface area contributed by atoms with E-state index in [4.69, 9.17) is 0 Å². The van der Waals surface area contributed by atoms with E-state index in [0.29, 0.717) is 12.1 Å². The van der Waals surface area contributed by atoms with Crippen LogP contribution >= 0.6 is 11.6 Å². The monoisotopic (exact) mass is 230 g/mol. The van der Waals surface area contributed by atoms with Crippen molar-refractivity contribution in [1.82, 2.24) is 0 Å². The van der Waals surface area contributed by atoms with Crippen LogP contribution in [0.4, 0.5) is 22.0 Å². The predicted molar refractivity (Wildman–Crippen MR) is 41.2 cm³/mol. The van der Waals surface area contributed by atoms with Gasteiger partial charge in [-0.25, -0.2) is 0 Å². The Morgan fingerprint density at radius 3 is 1.86 bits per heavy atom. The van der Waals surface area contributed by atoms with Crippen LogP contribution in [0.5, 0.6) is 0 Å². The van der Waals surface area contributed by atoms with Gasteiger partial charge in [-0.05, 0) is 23.7 Å². The second-order valence-corrected chi connectivity index (χ2v) is 3.05. The number of hydrogen-bond donors (Lipinski definition) is 0. The molecule has 0 aliphatic rings. The van der Waals surface area contributed by atoms with Gasteiger partial charge in [-0.1, -0.05) is 12.1 Å². The van der Waals surface area contributed by atoms with Crippen LogP contribution < -0.4 is 0 Å². The number of alkyl halides is 6. The van der Waals surface area contributed by atoms with E-state index in [1.54, 1.807) is 0 Å². The van der Waals surface area contributed by atoms with Gasteiger partial charge in [0.05, 0.1) is 5.56 Å². The van der Waals surface area contributed by atoms with Crippen LogP contribution in [0.25, 0.3) is 0 Å². The summed E-state index contributed by atoms with van der Waals surface area (Å²) in [5, 5.41) is -3.78. The first-order valence-electron chi connectivity index (χ1n) is 3.46. The Labute approximate surface area is 81.3 Å². The van der Waals surface area contributed by atoms with Crippen LogP contribution in [0.15, 0.2) is 24.3 Å². The van der Waals surface area contributed by atoms with Gasteiger partial charge < -0.3 is 0 Å². The van der Waals surface area contributed by atoms with Gasteiger partial charge in [0, 0.05) is 5.56 Å². The summed E-state index contributed by atoms with van der Waals surface area (Å²) in [5.74, 6) is 0. The minimum absolute atomic E-state index is 0.326. The van der Waals surface area contributed by atoms with Crippen LogP contribution in [-0.2, 0) is 11.6 Å². The fourth-order valence-electron chi connectivity index (χ4n) is 0.872. The highest BCUT2D eigenvalue weighted by molar-refractivity contribution is 6.21. The van der Waals surface area contributed by atoms with Gasteiger partial charge in [-0.3, -0.25) is 0 Å². The molecule has 0 atom stereocenters. The highest BCUT2D eigenvalue weighted by Gasteiger charge is 2.34. The average molecular weight is 231 g/mol. The predicted octanol–water partition coefficient (Wildman–Crippen LogP) is 3.99. The Morgan fingerprint density at radius 2 is 1.43 bits per heavy atom. The molecule has 0 fully saturated rings. The van der Waals surface area contributed by atoms with Gasteiger partial charge in [0.15, 0.2) is 0 Å². The zero-order valence-corrected chi connectivity index (χ0v) is 7.33. The molecule has 0 radical (unpaired) electrons. The van der Waals surface area contributed by atoms with E-state index in [0.717, 1.165) is 12.1 Å². The highest BCUT2D eigenvalue weighted by atomic mass is 35.5. The molecular weight excluding hydrogens is 227 g/mol. The maximum atomic E-state index is 12.4. The number of rotatable bonds is 1. The van der Waals surface area contributed by atoms with E-state index < -0.39 is 22.7 Å². The van der Waals surface area contributed by atoms with Crippen molar-refractivity contribution in [3.63, 3.8) is 0 Å². The van der Waals surface area contributed by atoms with Gasteiger partial charge in [0.1, 0.15) is 0 Å². The molecule has 0 amide bonds. The first-order valence-corrected chi connectivity index (χ1v) is 3.83.